The molecule has 13 heavy (non-hydrogen) atoms. The van der Waals surface area contributed by atoms with Crippen LogP contribution in [-0.4, -0.2) is 21.2 Å². The van der Waals surface area contributed by atoms with E-state index in [4.69, 9.17) is 0 Å². The molecule has 0 amide bonds. The van der Waals surface area contributed by atoms with Gasteiger partial charge >= 0.3 is 0 Å². The van der Waals surface area contributed by atoms with Crippen LogP contribution in [0.25, 0.3) is 0 Å². The Labute approximate surface area is 75.0 Å². The molecule has 0 aromatic carbocycles. The minimum absolute atomic E-state index is 0.158. The summed E-state index contributed by atoms with van der Waals surface area (Å²) in [5.41, 5.74) is 0.155. The standard InChI is InChI=1S/C8H11N3O2/c1-5-6(12)10-8-9-3-2-4-11(8)7(5)13/h12H,2-4H2,1H3,(H,9,10). The van der Waals surface area contributed by atoms with Crippen LogP contribution in [0.15, 0.2) is 4.79 Å². The topological polar surface area (TPSA) is 67.2 Å². The van der Waals surface area contributed by atoms with Crippen LogP contribution in [0.4, 0.5) is 5.95 Å². The second-order valence-electron chi connectivity index (χ2n) is 3.12. The molecule has 0 spiro atoms. The molecule has 0 fully saturated rings. The molecule has 70 valence electrons. The summed E-state index contributed by atoms with van der Waals surface area (Å²) in [4.78, 5) is 15.4. The summed E-state index contributed by atoms with van der Waals surface area (Å²) in [5, 5.41) is 12.3. The molecular weight excluding hydrogens is 170 g/mol. The highest BCUT2D eigenvalue weighted by Gasteiger charge is 2.14. The van der Waals surface area contributed by atoms with Crippen molar-refractivity contribution >= 4 is 5.95 Å². The van der Waals surface area contributed by atoms with Gasteiger partial charge in [0.2, 0.25) is 11.8 Å². The highest BCUT2D eigenvalue weighted by molar-refractivity contribution is 5.34. The zero-order valence-electron chi connectivity index (χ0n) is 7.37. The minimum Gasteiger partial charge on any atom is -0.493 e. The monoisotopic (exact) mass is 181 g/mol. The number of aromatic hydroxyl groups is 1. The molecule has 2 N–H and O–H groups in total. The van der Waals surface area contributed by atoms with E-state index in [-0.39, 0.29) is 11.4 Å². The van der Waals surface area contributed by atoms with E-state index < -0.39 is 0 Å². The number of nitrogens with one attached hydrogen (secondary N) is 1. The SMILES string of the molecule is Cc1c(O)nc2n(c1=O)CCCN2. The zero-order chi connectivity index (χ0) is 9.42. The number of hydrogen-bond acceptors (Lipinski definition) is 4. The summed E-state index contributed by atoms with van der Waals surface area (Å²) in [5.74, 6) is 0.296. The van der Waals surface area contributed by atoms with Gasteiger partial charge < -0.3 is 10.4 Å². The number of rotatable bonds is 0. The first kappa shape index (κ1) is 8.10. The molecule has 1 aromatic rings. The summed E-state index contributed by atoms with van der Waals surface area (Å²) >= 11 is 0. The normalized spacial score (nSPS) is 14.8. The van der Waals surface area contributed by atoms with Crippen LogP contribution in [0.2, 0.25) is 0 Å². The Bertz CT molecular complexity index is 397. The van der Waals surface area contributed by atoms with E-state index in [1.54, 1.807) is 11.5 Å². The fourth-order valence-corrected chi connectivity index (χ4v) is 1.42. The van der Waals surface area contributed by atoms with E-state index in [0.717, 1.165) is 13.0 Å². The lowest BCUT2D eigenvalue weighted by Crippen LogP contribution is -2.31. The van der Waals surface area contributed by atoms with Crippen LogP contribution in [-0.2, 0) is 6.54 Å². The smallest absolute Gasteiger partial charge is 0.261 e. The van der Waals surface area contributed by atoms with Crippen molar-refractivity contribution in [2.75, 3.05) is 11.9 Å². The molecule has 0 saturated heterocycles. The summed E-state index contributed by atoms with van der Waals surface area (Å²) in [6, 6.07) is 0. The Morgan fingerprint density at radius 1 is 1.62 bits per heavy atom. The van der Waals surface area contributed by atoms with Gasteiger partial charge in [0.25, 0.3) is 5.56 Å². The fraction of sp³-hybridized carbons (Fsp3) is 0.500. The van der Waals surface area contributed by atoms with Gasteiger partial charge in [0.1, 0.15) is 0 Å². The van der Waals surface area contributed by atoms with Crippen LogP contribution in [0.5, 0.6) is 5.88 Å². The Balaban J connectivity index is 2.68. The van der Waals surface area contributed by atoms with Gasteiger partial charge in [-0.3, -0.25) is 9.36 Å². The quantitative estimate of drug-likeness (QED) is 0.594. The summed E-state index contributed by atoms with van der Waals surface area (Å²) in [6.45, 7) is 3.05. The van der Waals surface area contributed by atoms with Gasteiger partial charge in [-0.1, -0.05) is 0 Å². The van der Waals surface area contributed by atoms with Crippen LogP contribution < -0.4 is 10.9 Å². The fourth-order valence-electron chi connectivity index (χ4n) is 1.42. The van der Waals surface area contributed by atoms with Gasteiger partial charge in [-0.05, 0) is 13.3 Å². The third-order valence-corrected chi connectivity index (χ3v) is 2.21. The number of anilines is 1. The van der Waals surface area contributed by atoms with Gasteiger partial charge in [0, 0.05) is 13.1 Å². The van der Waals surface area contributed by atoms with Crippen LogP contribution in [0.1, 0.15) is 12.0 Å². The Morgan fingerprint density at radius 3 is 3.15 bits per heavy atom. The molecule has 1 aliphatic rings. The third-order valence-electron chi connectivity index (χ3n) is 2.21. The van der Waals surface area contributed by atoms with Gasteiger partial charge in [0.05, 0.1) is 5.56 Å². The molecular formula is C8H11N3O2. The predicted molar refractivity (Wildman–Crippen MR) is 48.0 cm³/mol. The van der Waals surface area contributed by atoms with Crippen molar-refractivity contribution in [3.05, 3.63) is 15.9 Å². The number of fused-ring (bicyclic) bond motifs is 1. The van der Waals surface area contributed by atoms with Crippen molar-refractivity contribution in [1.29, 1.82) is 0 Å². The van der Waals surface area contributed by atoms with Gasteiger partial charge in [-0.25, -0.2) is 0 Å². The first-order valence-electron chi connectivity index (χ1n) is 4.24. The lowest BCUT2D eigenvalue weighted by molar-refractivity contribution is 0.438. The zero-order valence-corrected chi connectivity index (χ0v) is 7.37. The molecule has 1 aromatic heterocycles. The van der Waals surface area contributed by atoms with Crippen LogP contribution in [0, 0.1) is 6.92 Å². The predicted octanol–water partition coefficient (Wildman–Crippen LogP) is 0.0729. The molecule has 0 saturated carbocycles. The van der Waals surface area contributed by atoms with Crippen LogP contribution in [0.3, 0.4) is 0 Å². The van der Waals surface area contributed by atoms with Crippen molar-refractivity contribution in [1.82, 2.24) is 9.55 Å². The van der Waals surface area contributed by atoms with E-state index in [1.165, 1.54) is 0 Å². The summed E-state index contributed by atoms with van der Waals surface area (Å²) in [6.07, 6.45) is 0.915. The molecule has 2 rings (SSSR count). The highest BCUT2D eigenvalue weighted by Crippen LogP contribution is 2.14. The molecule has 0 atom stereocenters. The molecule has 0 aliphatic carbocycles. The molecule has 5 nitrogen and oxygen atoms in total. The van der Waals surface area contributed by atoms with Gasteiger partial charge in [0.15, 0.2) is 0 Å². The average molecular weight is 181 g/mol. The first-order chi connectivity index (χ1) is 6.20. The van der Waals surface area contributed by atoms with E-state index >= 15 is 0 Å². The molecule has 0 bridgehead atoms. The third kappa shape index (κ3) is 1.16. The van der Waals surface area contributed by atoms with Crippen molar-refractivity contribution < 1.29 is 5.11 Å². The van der Waals surface area contributed by atoms with E-state index in [9.17, 15) is 9.90 Å². The second-order valence-corrected chi connectivity index (χ2v) is 3.12. The maximum absolute atomic E-state index is 11.6. The Morgan fingerprint density at radius 2 is 2.38 bits per heavy atom. The number of nitrogens with zero attached hydrogens (tertiary/aromatic N) is 2. The van der Waals surface area contributed by atoms with Gasteiger partial charge in [-0.15, -0.1) is 0 Å². The summed E-state index contributed by atoms with van der Waals surface area (Å²) < 4.78 is 1.55. The lowest BCUT2D eigenvalue weighted by Gasteiger charge is -2.19. The first-order valence-corrected chi connectivity index (χ1v) is 4.24. The average Bonchev–Trinajstić information content (AvgIpc) is 2.15. The Kier molecular flexibility index (Phi) is 1.72. The van der Waals surface area contributed by atoms with Gasteiger partial charge in [-0.2, -0.15) is 4.98 Å². The van der Waals surface area contributed by atoms with Crippen molar-refractivity contribution in [3.8, 4) is 5.88 Å². The van der Waals surface area contributed by atoms with E-state index in [0.29, 0.717) is 18.1 Å². The number of hydrogen-bond donors (Lipinski definition) is 2. The molecule has 0 unspecified atom stereocenters. The minimum atomic E-state index is -0.175. The largest absolute Gasteiger partial charge is 0.493 e. The summed E-state index contributed by atoms with van der Waals surface area (Å²) in [7, 11) is 0. The second kappa shape index (κ2) is 2.76. The molecule has 2 heterocycles. The lowest BCUT2D eigenvalue weighted by atomic mass is 10.3. The van der Waals surface area contributed by atoms with E-state index in [1.807, 2.05) is 0 Å². The highest BCUT2D eigenvalue weighted by atomic mass is 16.3. The molecule has 1 aliphatic heterocycles. The number of aromatic nitrogens is 2. The van der Waals surface area contributed by atoms with Crippen molar-refractivity contribution in [3.63, 3.8) is 0 Å². The maximum Gasteiger partial charge on any atom is 0.261 e. The van der Waals surface area contributed by atoms with Crippen molar-refractivity contribution in [2.24, 2.45) is 0 Å². The van der Waals surface area contributed by atoms with Crippen molar-refractivity contribution in [2.45, 2.75) is 19.9 Å². The van der Waals surface area contributed by atoms with Crippen LogP contribution >= 0.6 is 0 Å². The molecule has 0 radical (unpaired) electrons. The Hall–Kier alpha value is -1.52. The maximum atomic E-state index is 11.6. The molecule has 5 heteroatoms. The van der Waals surface area contributed by atoms with E-state index in [2.05, 4.69) is 10.3 Å².